The van der Waals surface area contributed by atoms with E-state index in [9.17, 15) is 4.39 Å². The van der Waals surface area contributed by atoms with E-state index in [4.69, 9.17) is 0 Å². The molecule has 0 atom stereocenters. The van der Waals surface area contributed by atoms with Crippen molar-refractivity contribution >= 4 is 0 Å². The van der Waals surface area contributed by atoms with Gasteiger partial charge in [0.25, 0.3) is 0 Å². The van der Waals surface area contributed by atoms with E-state index in [1.54, 1.807) is 0 Å². The average Bonchev–Trinajstić information content (AvgIpc) is 2.21. The number of piperazine rings is 1. The molecule has 0 radical (unpaired) electrons. The van der Waals surface area contributed by atoms with Crippen molar-refractivity contribution in [2.45, 2.75) is 32.4 Å². The summed E-state index contributed by atoms with van der Waals surface area (Å²) in [4.78, 5) is 4.56. The lowest BCUT2D eigenvalue weighted by atomic mass is 9.98. The summed E-state index contributed by atoms with van der Waals surface area (Å²) in [7, 11) is 2.12. The van der Waals surface area contributed by atoms with Crippen LogP contribution in [0.25, 0.3) is 0 Å². The lowest BCUT2D eigenvalue weighted by molar-refractivity contribution is 0.0572. The standard InChI is InChI=1S/C11H23FN2/c1-4-11(12,5-2)10-14-8-6-13(3)7-9-14/h4-10H2,1-3H3. The molecular formula is C11H23FN2. The smallest absolute Gasteiger partial charge is 0.123 e. The third kappa shape index (κ3) is 3.21. The quantitative estimate of drug-likeness (QED) is 0.685. The molecular weight excluding hydrogens is 179 g/mol. The molecule has 1 fully saturated rings. The second kappa shape index (κ2) is 5.08. The third-order valence-electron chi connectivity index (χ3n) is 3.37. The summed E-state index contributed by atoms with van der Waals surface area (Å²) in [5, 5.41) is 0. The zero-order chi connectivity index (χ0) is 10.6. The van der Waals surface area contributed by atoms with Gasteiger partial charge in [-0.15, -0.1) is 0 Å². The number of rotatable bonds is 4. The fraction of sp³-hybridized carbons (Fsp3) is 1.00. The van der Waals surface area contributed by atoms with Gasteiger partial charge in [0.2, 0.25) is 0 Å². The van der Waals surface area contributed by atoms with Crippen LogP contribution in [-0.2, 0) is 0 Å². The predicted octanol–water partition coefficient (Wildman–Crippen LogP) is 1.76. The lowest BCUT2D eigenvalue weighted by Crippen LogP contribution is -2.49. The Hall–Kier alpha value is -0.150. The Morgan fingerprint density at radius 3 is 2.00 bits per heavy atom. The van der Waals surface area contributed by atoms with Gasteiger partial charge in [-0.1, -0.05) is 13.8 Å². The van der Waals surface area contributed by atoms with Crippen molar-refractivity contribution in [3.63, 3.8) is 0 Å². The Morgan fingerprint density at radius 2 is 1.57 bits per heavy atom. The first kappa shape index (κ1) is 11.9. The summed E-state index contributed by atoms with van der Waals surface area (Å²) in [5.74, 6) is 0. The maximum atomic E-state index is 14.1. The lowest BCUT2D eigenvalue weighted by Gasteiger charge is -2.36. The second-order valence-corrected chi connectivity index (χ2v) is 4.44. The minimum atomic E-state index is -0.962. The van der Waals surface area contributed by atoms with Gasteiger partial charge in [-0.3, -0.25) is 4.90 Å². The van der Waals surface area contributed by atoms with Crippen LogP contribution in [-0.4, -0.2) is 55.2 Å². The minimum Gasteiger partial charge on any atom is -0.304 e. The van der Waals surface area contributed by atoms with Gasteiger partial charge in [-0.05, 0) is 19.9 Å². The van der Waals surface area contributed by atoms with Crippen LogP contribution in [0.4, 0.5) is 4.39 Å². The van der Waals surface area contributed by atoms with Crippen molar-refractivity contribution in [3.05, 3.63) is 0 Å². The number of hydrogen-bond acceptors (Lipinski definition) is 2. The van der Waals surface area contributed by atoms with Crippen molar-refractivity contribution in [2.75, 3.05) is 39.8 Å². The molecule has 1 aliphatic heterocycles. The minimum absolute atomic E-state index is 0.619. The van der Waals surface area contributed by atoms with E-state index >= 15 is 0 Å². The van der Waals surface area contributed by atoms with E-state index in [0.29, 0.717) is 19.4 Å². The molecule has 0 amide bonds. The van der Waals surface area contributed by atoms with Crippen molar-refractivity contribution in [1.29, 1.82) is 0 Å². The van der Waals surface area contributed by atoms with Crippen molar-refractivity contribution in [1.82, 2.24) is 9.80 Å². The molecule has 0 aromatic heterocycles. The van der Waals surface area contributed by atoms with E-state index < -0.39 is 5.67 Å². The molecule has 0 unspecified atom stereocenters. The van der Waals surface area contributed by atoms with E-state index in [-0.39, 0.29) is 0 Å². The number of likely N-dealkylation sites (N-methyl/N-ethyl adjacent to an activating group) is 1. The van der Waals surface area contributed by atoms with Gasteiger partial charge in [0.05, 0.1) is 0 Å². The maximum absolute atomic E-state index is 14.1. The van der Waals surface area contributed by atoms with Crippen molar-refractivity contribution in [3.8, 4) is 0 Å². The van der Waals surface area contributed by atoms with E-state index in [2.05, 4.69) is 16.8 Å². The van der Waals surface area contributed by atoms with Gasteiger partial charge in [-0.25, -0.2) is 4.39 Å². The molecule has 14 heavy (non-hydrogen) atoms. The molecule has 3 heteroatoms. The van der Waals surface area contributed by atoms with Crippen molar-refractivity contribution in [2.24, 2.45) is 0 Å². The summed E-state index contributed by atoms with van der Waals surface area (Å²) in [6.45, 7) is 8.68. The van der Waals surface area contributed by atoms with Gasteiger partial charge in [0.1, 0.15) is 5.67 Å². The molecule has 0 bridgehead atoms. The first-order valence-electron chi connectivity index (χ1n) is 5.69. The van der Waals surface area contributed by atoms with Gasteiger partial charge in [-0.2, -0.15) is 0 Å². The number of alkyl halides is 1. The summed E-state index contributed by atoms with van der Waals surface area (Å²) < 4.78 is 14.1. The first-order chi connectivity index (χ1) is 6.59. The Kier molecular flexibility index (Phi) is 4.32. The number of hydrogen-bond donors (Lipinski definition) is 0. The van der Waals surface area contributed by atoms with Gasteiger partial charge in [0, 0.05) is 32.7 Å². The first-order valence-corrected chi connectivity index (χ1v) is 5.69. The second-order valence-electron chi connectivity index (χ2n) is 4.44. The number of halogens is 1. The Balaban J connectivity index is 2.36. The zero-order valence-corrected chi connectivity index (χ0v) is 9.72. The SMILES string of the molecule is CCC(F)(CC)CN1CCN(C)CC1. The normalized spacial score (nSPS) is 21.4. The molecule has 84 valence electrons. The zero-order valence-electron chi connectivity index (χ0n) is 9.72. The van der Waals surface area contributed by atoms with Crippen LogP contribution in [0.1, 0.15) is 26.7 Å². The summed E-state index contributed by atoms with van der Waals surface area (Å²) in [5.41, 5.74) is -0.962. The molecule has 1 rings (SSSR count). The highest BCUT2D eigenvalue weighted by atomic mass is 19.1. The summed E-state index contributed by atoms with van der Waals surface area (Å²) >= 11 is 0. The molecule has 0 saturated carbocycles. The van der Waals surface area contributed by atoms with Crippen LogP contribution < -0.4 is 0 Å². The van der Waals surface area contributed by atoms with Gasteiger partial charge >= 0.3 is 0 Å². The van der Waals surface area contributed by atoms with Crippen molar-refractivity contribution < 1.29 is 4.39 Å². The average molecular weight is 202 g/mol. The molecule has 0 spiro atoms. The Morgan fingerprint density at radius 1 is 1.07 bits per heavy atom. The topological polar surface area (TPSA) is 6.48 Å². The maximum Gasteiger partial charge on any atom is 0.123 e. The van der Waals surface area contributed by atoms with Crippen LogP contribution in [0.15, 0.2) is 0 Å². The number of nitrogens with zero attached hydrogens (tertiary/aromatic N) is 2. The fourth-order valence-electron chi connectivity index (χ4n) is 1.88. The van der Waals surface area contributed by atoms with Gasteiger partial charge < -0.3 is 4.90 Å². The van der Waals surface area contributed by atoms with Crippen LogP contribution in [0.5, 0.6) is 0 Å². The van der Waals surface area contributed by atoms with Crippen LogP contribution >= 0.6 is 0 Å². The third-order valence-corrected chi connectivity index (χ3v) is 3.37. The van der Waals surface area contributed by atoms with E-state index in [0.717, 1.165) is 26.2 Å². The highest BCUT2D eigenvalue weighted by molar-refractivity contribution is 4.82. The highest BCUT2D eigenvalue weighted by Crippen LogP contribution is 2.22. The molecule has 2 nitrogen and oxygen atoms in total. The fourth-order valence-corrected chi connectivity index (χ4v) is 1.88. The summed E-state index contributed by atoms with van der Waals surface area (Å²) in [6.07, 6.45) is 1.27. The van der Waals surface area contributed by atoms with Crippen LogP contribution in [0.2, 0.25) is 0 Å². The van der Waals surface area contributed by atoms with E-state index in [1.165, 1.54) is 0 Å². The summed E-state index contributed by atoms with van der Waals surface area (Å²) in [6, 6.07) is 0. The molecule has 1 saturated heterocycles. The molecule has 0 aromatic carbocycles. The molecule has 1 aliphatic rings. The van der Waals surface area contributed by atoms with Gasteiger partial charge in [0.15, 0.2) is 0 Å². The molecule has 0 aromatic rings. The van der Waals surface area contributed by atoms with Crippen LogP contribution in [0.3, 0.4) is 0 Å². The molecule has 1 heterocycles. The van der Waals surface area contributed by atoms with Crippen LogP contribution in [0, 0.1) is 0 Å². The monoisotopic (exact) mass is 202 g/mol. The molecule has 0 aliphatic carbocycles. The van der Waals surface area contributed by atoms with E-state index in [1.807, 2.05) is 13.8 Å². The predicted molar refractivity (Wildman–Crippen MR) is 58.4 cm³/mol. The Labute approximate surface area is 87.1 Å². The molecule has 0 N–H and O–H groups in total. The highest BCUT2D eigenvalue weighted by Gasteiger charge is 2.29. The Bertz CT molecular complexity index is 161. The largest absolute Gasteiger partial charge is 0.304 e.